The van der Waals surface area contributed by atoms with Crippen LogP contribution in [0.5, 0.6) is 5.75 Å². The Balaban J connectivity index is 2.09. The highest BCUT2D eigenvalue weighted by Gasteiger charge is 2.31. The molecule has 1 saturated heterocycles. The van der Waals surface area contributed by atoms with Crippen LogP contribution in [0.3, 0.4) is 0 Å². The molecule has 21 heavy (non-hydrogen) atoms. The fourth-order valence-electron chi connectivity index (χ4n) is 2.80. The maximum atomic E-state index is 13.4. The molecule has 0 N–H and O–H groups in total. The van der Waals surface area contributed by atoms with E-state index >= 15 is 0 Å². The van der Waals surface area contributed by atoms with Crippen molar-refractivity contribution in [3.63, 3.8) is 0 Å². The van der Waals surface area contributed by atoms with Gasteiger partial charge in [0, 0.05) is 13.7 Å². The second kappa shape index (κ2) is 6.54. The summed E-state index contributed by atoms with van der Waals surface area (Å²) < 4.78 is 24.0. The summed E-state index contributed by atoms with van der Waals surface area (Å²) >= 11 is 0. The fraction of sp³-hybridized carbons (Fsp3) is 0.562. The van der Waals surface area contributed by atoms with E-state index in [0.717, 1.165) is 19.4 Å². The molecule has 0 saturated carbocycles. The quantitative estimate of drug-likeness (QED) is 0.783. The van der Waals surface area contributed by atoms with E-state index in [0.29, 0.717) is 17.9 Å². The Morgan fingerprint density at radius 3 is 2.86 bits per heavy atom. The van der Waals surface area contributed by atoms with E-state index in [1.54, 1.807) is 7.11 Å². The normalized spacial score (nSPS) is 23.0. The molecule has 1 aromatic carbocycles. The van der Waals surface area contributed by atoms with Crippen LogP contribution in [-0.2, 0) is 4.74 Å². The van der Waals surface area contributed by atoms with Crippen LogP contribution in [-0.4, -0.2) is 50.1 Å². The molecule has 1 aromatic rings. The van der Waals surface area contributed by atoms with Gasteiger partial charge in [-0.15, -0.1) is 0 Å². The van der Waals surface area contributed by atoms with Gasteiger partial charge < -0.3 is 9.47 Å². The van der Waals surface area contributed by atoms with Crippen molar-refractivity contribution < 1.29 is 18.7 Å². The summed E-state index contributed by atoms with van der Waals surface area (Å²) in [4.78, 5) is 14.5. The van der Waals surface area contributed by atoms with Gasteiger partial charge in [0.05, 0.1) is 24.8 Å². The molecule has 116 valence electrons. The molecule has 0 aromatic heterocycles. The van der Waals surface area contributed by atoms with Gasteiger partial charge in [0.15, 0.2) is 5.78 Å². The molecular weight excluding hydrogens is 273 g/mol. The molecular formula is C16H22FNO3. The number of halogens is 1. The third kappa shape index (κ3) is 3.80. The van der Waals surface area contributed by atoms with Crippen molar-refractivity contribution >= 4 is 5.78 Å². The maximum absolute atomic E-state index is 13.4. The SMILES string of the molecule is COc1ccc(F)cc1C(=O)CN1CCCC(C)(OC)C1. The number of carbonyl (C=O) groups is 1. The maximum Gasteiger partial charge on any atom is 0.180 e. The van der Waals surface area contributed by atoms with Gasteiger partial charge in [0.1, 0.15) is 11.6 Å². The minimum atomic E-state index is -0.431. The van der Waals surface area contributed by atoms with Crippen LogP contribution in [0.15, 0.2) is 18.2 Å². The number of piperidine rings is 1. The first-order valence-electron chi connectivity index (χ1n) is 7.12. The zero-order valence-electron chi connectivity index (χ0n) is 12.8. The summed E-state index contributed by atoms with van der Waals surface area (Å²) in [5.41, 5.74) is 0.0760. The van der Waals surface area contributed by atoms with Crippen LogP contribution in [0.4, 0.5) is 4.39 Å². The molecule has 0 spiro atoms. The van der Waals surface area contributed by atoms with E-state index < -0.39 is 5.82 Å². The Morgan fingerprint density at radius 1 is 1.43 bits per heavy atom. The molecule has 0 amide bonds. The average molecular weight is 295 g/mol. The number of hydrogen-bond donors (Lipinski definition) is 0. The van der Waals surface area contributed by atoms with Crippen molar-refractivity contribution in [1.82, 2.24) is 4.90 Å². The Bertz CT molecular complexity index is 520. The highest BCUT2D eigenvalue weighted by atomic mass is 19.1. The van der Waals surface area contributed by atoms with Gasteiger partial charge in [-0.3, -0.25) is 9.69 Å². The average Bonchev–Trinajstić information content (AvgIpc) is 2.47. The van der Waals surface area contributed by atoms with Gasteiger partial charge >= 0.3 is 0 Å². The minimum Gasteiger partial charge on any atom is -0.496 e. The Morgan fingerprint density at radius 2 is 2.19 bits per heavy atom. The zero-order valence-corrected chi connectivity index (χ0v) is 12.8. The second-order valence-electron chi connectivity index (χ2n) is 5.74. The predicted octanol–water partition coefficient (Wildman–Crippen LogP) is 2.52. The van der Waals surface area contributed by atoms with Crippen molar-refractivity contribution in [2.24, 2.45) is 0 Å². The third-order valence-corrected chi connectivity index (χ3v) is 4.06. The topological polar surface area (TPSA) is 38.8 Å². The number of hydrogen-bond acceptors (Lipinski definition) is 4. The van der Waals surface area contributed by atoms with Gasteiger partial charge in [-0.05, 0) is 44.5 Å². The van der Waals surface area contributed by atoms with Crippen molar-refractivity contribution in [2.75, 3.05) is 33.9 Å². The number of ketones is 1. The lowest BCUT2D eigenvalue weighted by Crippen LogP contribution is -2.48. The Labute approximate surface area is 124 Å². The second-order valence-corrected chi connectivity index (χ2v) is 5.74. The predicted molar refractivity (Wildman–Crippen MR) is 78.4 cm³/mol. The smallest absolute Gasteiger partial charge is 0.180 e. The van der Waals surface area contributed by atoms with E-state index in [4.69, 9.17) is 9.47 Å². The summed E-state index contributed by atoms with van der Waals surface area (Å²) in [7, 11) is 3.17. The number of ether oxygens (including phenoxy) is 2. The van der Waals surface area contributed by atoms with Crippen LogP contribution >= 0.6 is 0 Å². The first-order valence-corrected chi connectivity index (χ1v) is 7.12. The van der Waals surface area contributed by atoms with Crippen LogP contribution in [0.1, 0.15) is 30.1 Å². The highest BCUT2D eigenvalue weighted by molar-refractivity contribution is 6.00. The summed E-state index contributed by atoms with van der Waals surface area (Å²) in [5.74, 6) is -0.154. The summed E-state index contributed by atoms with van der Waals surface area (Å²) in [6.07, 6.45) is 1.97. The molecule has 2 rings (SSSR count). The molecule has 1 aliphatic heterocycles. The Kier molecular flexibility index (Phi) is 4.96. The van der Waals surface area contributed by atoms with Gasteiger partial charge in [-0.25, -0.2) is 4.39 Å². The standard InChI is InChI=1S/C16H22FNO3/c1-16(21-3)7-4-8-18(11-16)10-14(19)13-9-12(17)5-6-15(13)20-2/h5-6,9H,4,7-8,10-11H2,1-3H3. The minimum absolute atomic E-state index is 0.133. The number of Topliss-reactive ketones (excluding diaryl/α,β-unsaturated/α-hetero) is 1. The number of likely N-dealkylation sites (tertiary alicyclic amines) is 1. The molecule has 0 bridgehead atoms. The number of methoxy groups -OCH3 is 2. The summed E-state index contributed by atoms with van der Waals surface area (Å²) in [6, 6.07) is 4.01. The lowest BCUT2D eigenvalue weighted by Gasteiger charge is -2.39. The van der Waals surface area contributed by atoms with E-state index in [1.807, 2.05) is 6.92 Å². The summed E-state index contributed by atoms with van der Waals surface area (Å²) in [6.45, 7) is 3.85. The molecule has 1 heterocycles. The molecule has 0 aliphatic carbocycles. The Hall–Kier alpha value is -1.46. The molecule has 1 fully saturated rings. The van der Waals surface area contributed by atoms with Gasteiger partial charge in [-0.1, -0.05) is 0 Å². The monoisotopic (exact) mass is 295 g/mol. The molecule has 4 nitrogen and oxygen atoms in total. The number of rotatable bonds is 5. The number of carbonyl (C=O) groups excluding carboxylic acids is 1. The molecule has 1 unspecified atom stereocenters. The number of nitrogens with zero attached hydrogens (tertiary/aromatic N) is 1. The fourth-order valence-corrected chi connectivity index (χ4v) is 2.80. The van der Waals surface area contributed by atoms with Crippen molar-refractivity contribution in [1.29, 1.82) is 0 Å². The van der Waals surface area contributed by atoms with E-state index in [-0.39, 0.29) is 17.9 Å². The number of benzene rings is 1. The highest BCUT2D eigenvalue weighted by Crippen LogP contribution is 2.25. The van der Waals surface area contributed by atoms with Gasteiger partial charge in [0.25, 0.3) is 0 Å². The lowest BCUT2D eigenvalue weighted by molar-refractivity contribution is -0.0485. The van der Waals surface area contributed by atoms with Crippen molar-refractivity contribution in [2.45, 2.75) is 25.4 Å². The van der Waals surface area contributed by atoms with E-state index in [2.05, 4.69) is 4.90 Å². The first kappa shape index (κ1) is 15.9. The van der Waals surface area contributed by atoms with Crippen LogP contribution in [0, 0.1) is 5.82 Å². The van der Waals surface area contributed by atoms with Crippen molar-refractivity contribution in [3.05, 3.63) is 29.6 Å². The van der Waals surface area contributed by atoms with E-state index in [9.17, 15) is 9.18 Å². The van der Waals surface area contributed by atoms with Gasteiger partial charge in [-0.2, -0.15) is 0 Å². The van der Waals surface area contributed by atoms with Crippen LogP contribution in [0.25, 0.3) is 0 Å². The lowest BCUT2D eigenvalue weighted by atomic mass is 9.94. The van der Waals surface area contributed by atoms with Crippen LogP contribution < -0.4 is 4.74 Å². The van der Waals surface area contributed by atoms with E-state index in [1.165, 1.54) is 25.3 Å². The molecule has 1 aliphatic rings. The van der Waals surface area contributed by atoms with Crippen molar-refractivity contribution in [3.8, 4) is 5.75 Å². The molecule has 1 atom stereocenters. The zero-order chi connectivity index (χ0) is 15.5. The summed E-state index contributed by atoms with van der Waals surface area (Å²) in [5, 5.41) is 0. The largest absolute Gasteiger partial charge is 0.496 e. The first-order chi connectivity index (χ1) is 9.97. The van der Waals surface area contributed by atoms with Gasteiger partial charge in [0.2, 0.25) is 0 Å². The molecule has 5 heteroatoms. The third-order valence-electron chi connectivity index (χ3n) is 4.06. The van der Waals surface area contributed by atoms with Crippen LogP contribution in [0.2, 0.25) is 0 Å². The molecule has 0 radical (unpaired) electrons.